The van der Waals surface area contributed by atoms with Gasteiger partial charge in [0.05, 0.1) is 17.1 Å². The van der Waals surface area contributed by atoms with Gasteiger partial charge in [0.15, 0.2) is 0 Å². The van der Waals surface area contributed by atoms with Crippen LogP contribution in [-0.2, 0) is 16.6 Å². The number of hydrogen-bond donors (Lipinski definition) is 1. The van der Waals surface area contributed by atoms with Gasteiger partial charge in [0, 0.05) is 6.99 Å². The van der Waals surface area contributed by atoms with Crippen LogP contribution in [0.25, 0.3) is 11.3 Å². The van der Waals surface area contributed by atoms with Crippen LogP contribution >= 0.6 is 0 Å². The Morgan fingerprint density at radius 2 is 1.59 bits per heavy atom. The molecule has 0 aliphatic heterocycles. The van der Waals surface area contributed by atoms with Crippen LogP contribution in [-0.4, -0.2) is 30.5 Å². The highest BCUT2D eigenvalue weighted by Crippen LogP contribution is 2.27. The van der Waals surface area contributed by atoms with Crippen molar-refractivity contribution in [2.45, 2.75) is 31.7 Å². The fourth-order valence-electron chi connectivity index (χ4n) is 3.77. The summed E-state index contributed by atoms with van der Waals surface area (Å²) in [6, 6.07) is 19.6. The summed E-state index contributed by atoms with van der Waals surface area (Å²) in [6.07, 6.45) is -4.83. The molecule has 11 heteroatoms. The van der Waals surface area contributed by atoms with E-state index in [9.17, 15) is 26.4 Å². The van der Waals surface area contributed by atoms with Crippen LogP contribution in [0.5, 0.6) is 5.75 Å². The topological polar surface area (TPSA) is 90.3 Å². The zero-order valence-electron chi connectivity index (χ0n) is 19.8. The molecule has 1 heterocycles. The number of aryl methyl sites for hydroxylation is 2. The van der Waals surface area contributed by atoms with Crippen LogP contribution < -0.4 is 9.46 Å². The average molecular weight is 532 g/mol. The molecule has 0 aliphatic rings. The third-order valence-electron chi connectivity index (χ3n) is 5.63. The summed E-state index contributed by atoms with van der Waals surface area (Å²) >= 11 is 0. The zero-order valence-corrected chi connectivity index (χ0v) is 20.6. The lowest BCUT2D eigenvalue weighted by atomic mass is 10.0. The molecule has 0 radical (unpaired) electrons. The summed E-state index contributed by atoms with van der Waals surface area (Å²) in [6.45, 7) is 3.99. The van der Waals surface area contributed by atoms with Crippen molar-refractivity contribution < 1.29 is 32.5 Å². The van der Waals surface area contributed by atoms with E-state index in [1.54, 1.807) is 6.07 Å². The molecule has 0 saturated heterocycles. The van der Waals surface area contributed by atoms with Gasteiger partial charge in [-0.15, -0.1) is 13.2 Å². The Labute approximate surface area is 213 Å². The Bertz CT molecular complexity index is 1520. The van der Waals surface area contributed by atoms with E-state index in [0.29, 0.717) is 5.56 Å². The number of nitrogens with one attached hydrogen (secondary N) is 1. The number of halogens is 3. The maximum absolute atomic E-state index is 13.2. The van der Waals surface area contributed by atoms with Crippen LogP contribution in [0.4, 0.5) is 13.2 Å². The van der Waals surface area contributed by atoms with Gasteiger partial charge >= 0.3 is 6.36 Å². The Balaban J connectivity index is 0.00000400. The monoisotopic (exact) mass is 531 g/mol. The number of rotatable bonds is 7. The molecule has 1 aromatic heterocycles. The van der Waals surface area contributed by atoms with Crippen molar-refractivity contribution in [3.63, 3.8) is 0 Å². The van der Waals surface area contributed by atoms with E-state index in [2.05, 4.69) is 14.6 Å². The molecule has 3 aromatic carbocycles. The lowest BCUT2D eigenvalue weighted by molar-refractivity contribution is -0.274. The van der Waals surface area contributed by atoms with E-state index >= 15 is 0 Å². The molecule has 0 saturated carbocycles. The average Bonchev–Trinajstić information content (AvgIpc) is 3.25. The summed E-state index contributed by atoms with van der Waals surface area (Å²) in [5, 5.41) is 4.48. The van der Waals surface area contributed by atoms with Gasteiger partial charge in [0.25, 0.3) is 15.9 Å². The first kappa shape index (κ1) is 26.0. The normalized spacial score (nSPS) is 11.8. The Morgan fingerprint density at radius 1 is 0.973 bits per heavy atom. The van der Waals surface area contributed by atoms with E-state index in [1.807, 2.05) is 32.0 Å². The van der Waals surface area contributed by atoms with E-state index in [1.165, 1.54) is 47.1 Å². The number of nitrogens with zero attached hydrogens (tertiary/aromatic N) is 2. The van der Waals surface area contributed by atoms with Gasteiger partial charge in [0.2, 0.25) is 0 Å². The molecule has 194 valence electrons. The van der Waals surface area contributed by atoms with Crippen molar-refractivity contribution in [3.8, 4) is 17.0 Å². The lowest BCUT2D eigenvalue weighted by Crippen LogP contribution is -2.32. The third kappa shape index (κ3) is 6.18. The highest BCUT2D eigenvalue weighted by atomic mass is 32.2. The van der Waals surface area contributed by atoms with E-state index in [0.717, 1.165) is 28.8 Å². The van der Waals surface area contributed by atoms with Crippen molar-refractivity contribution in [2.75, 3.05) is 0 Å². The molecule has 7 nitrogen and oxygen atoms in total. The number of carbonyl (C=O) groups excluding carboxylic acids is 1. The molecule has 0 fully saturated rings. The number of amides is 1. The summed E-state index contributed by atoms with van der Waals surface area (Å²) < 4.78 is 70.4. The Kier molecular flexibility index (Phi) is 7.08. The SMILES string of the molecule is Cc1cccc(C)c1Cn1nc(-c2ccc(OC(F)(F)F)cc2)cc1C(=O)NS(=O)(=O)c1ccccc1.[HH]. The maximum atomic E-state index is 13.2. The molecule has 37 heavy (non-hydrogen) atoms. The molecular weight excluding hydrogens is 507 g/mol. The fraction of sp³-hybridized carbons (Fsp3) is 0.154. The van der Waals surface area contributed by atoms with Crippen LogP contribution in [0.2, 0.25) is 0 Å². The van der Waals surface area contributed by atoms with Gasteiger partial charge in [-0.05, 0) is 73.0 Å². The number of benzene rings is 3. The standard InChI is InChI=1S/C26H22F3N3O4S.H2/c1-17-7-6-8-18(2)22(17)16-32-24(25(33)31-37(34,35)21-9-4-3-5-10-21)15-23(30-32)19-11-13-20(14-12-19)36-26(27,28)29;/h3-15H,16H2,1-2H3,(H,31,33);1H. The first-order valence-electron chi connectivity index (χ1n) is 11.0. The van der Waals surface area contributed by atoms with Crippen molar-refractivity contribution in [2.24, 2.45) is 0 Å². The summed E-state index contributed by atoms with van der Waals surface area (Å²) in [4.78, 5) is 13.1. The highest BCUT2D eigenvalue weighted by molar-refractivity contribution is 7.90. The van der Waals surface area contributed by atoms with Gasteiger partial charge in [-0.1, -0.05) is 36.4 Å². The second-order valence-electron chi connectivity index (χ2n) is 8.26. The quantitative estimate of drug-likeness (QED) is 0.341. The number of carbonyl (C=O) groups is 1. The molecule has 0 unspecified atom stereocenters. The number of hydrogen-bond acceptors (Lipinski definition) is 5. The van der Waals surface area contributed by atoms with E-state index in [4.69, 9.17) is 0 Å². The second-order valence-corrected chi connectivity index (χ2v) is 9.95. The molecule has 1 amide bonds. The lowest BCUT2D eigenvalue weighted by Gasteiger charge is -2.13. The molecule has 4 aromatic rings. The molecule has 4 rings (SSSR count). The summed E-state index contributed by atoms with van der Waals surface area (Å²) in [5.74, 6) is -1.30. The van der Waals surface area contributed by atoms with Gasteiger partial charge < -0.3 is 4.74 Å². The molecular formula is C26H24F3N3O4S. The number of sulfonamides is 1. The summed E-state index contributed by atoms with van der Waals surface area (Å²) in [5.41, 5.74) is 3.45. The van der Waals surface area contributed by atoms with Crippen LogP contribution in [0, 0.1) is 13.8 Å². The molecule has 0 spiro atoms. The summed E-state index contributed by atoms with van der Waals surface area (Å²) in [7, 11) is -4.16. The number of aromatic nitrogens is 2. The fourth-order valence-corrected chi connectivity index (χ4v) is 4.75. The van der Waals surface area contributed by atoms with Crippen LogP contribution in [0.15, 0.2) is 83.8 Å². The zero-order chi connectivity index (χ0) is 26.8. The molecule has 0 bridgehead atoms. The first-order valence-corrected chi connectivity index (χ1v) is 12.5. The highest BCUT2D eigenvalue weighted by Gasteiger charge is 2.31. The molecule has 0 atom stereocenters. The minimum atomic E-state index is -4.83. The third-order valence-corrected chi connectivity index (χ3v) is 6.98. The van der Waals surface area contributed by atoms with E-state index < -0.39 is 28.0 Å². The van der Waals surface area contributed by atoms with Crippen molar-refractivity contribution >= 4 is 15.9 Å². The predicted molar refractivity (Wildman–Crippen MR) is 133 cm³/mol. The maximum Gasteiger partial charge on any atom is 0.573 e. The Morgan fingerprint density at radius 3 is 2.19 bits per heavy atom. The number of ether oxygens (including phenoxy) is 1. The predicted octanol–water partition coefficient (Wildman–Crippen LogP) is 5.48. The largest absolute Gasteiger partial charge is 0.573 e. The van der Waals surface area contributed by atoms with Gasteiger partial charge in [-0.2, -0.15) is 5.10 Å². The van der Waals surface area contributed by atoms with Crippen LogP contribution in [0.1, 0.15) is 28.6 Å². The minimum absolute atomic E-state index is 0. The molecule has 1 N–H and O–H groups in total. The van der Waals surface area contributed by atoms with E-state index in [-0.39, 0.29) is 24.3 Å². The van der Waals surface area contributed by atoms with Crippen molar-refractivity contribution in [3.05, 3.63) is 101 Å². The van der Waals surface area contributed by atoms with Gasteiger partial charge in [0.1, 0.15) is 11.4 Å². The second kappa shape index (κ2) is 10.1. The van der Waals surface area contributed by atoms with Crippen LogP contribution in [0.3, 0.4) is 0 Å². The first-order chi connectivity index (χ1) is 17.4. The smallest absolute Gasteiger partial charge is 0.406 e. The van der Waals surface area contributed by atoms with Gasteiger partial charge in [-0.25, -0.2) is 13.1 Å². The Hall–Kier alpha value is -4.12. The number of alkyl halides is 3. The minimum Gasteiger partial charge on any atom is -0.406 e. The van der Waals surface area contributed by atoms with Gasteiger partial charge in [-0.3, -0.25) is 9.48 Å². The van der Waals surface area contributed by atoms with Crippen molar-refractivity contribution in [1.29, 1.82) is 0 Å². The van der Waals surface area contributed by atoms with Crippen molar-refractivity contribution in [1.82, 2.24) is 14.5 Å². The molecule has 0 aliphatic carbocycles.